The molecular weight excluding hydrogens is 428 g/mol. The average Bonchev–Trinajstić information content (AvgIpc) is 2.80. The van der Waals surface area contributed by atoms with Crippen LogP contribution in [-0.4, -0.2) is 25.8 Å². The minimum atomic E-state index is -0.741. The van der Waals surface area contributed by atoms with Crippen molar-refractivity contribution in [1.82, 2.24) is 5.43 Å². The van der Waals surface area contributed by atoms with E-state index in [1.54, 1.807) is 18.3 Å². The quantitative estimate of drug-likeness (QED) is 0.341. The van der Waals surface area contributed by atoms with Gasteiger partial charge in [-0.25, -0.2) is 5.43 Å². The molecule has 6 nitrogen and oxygen atoms in total. The zero-order valence-corrected chi connectivity index (χ0v) is 18.7. The summed E-state index contributed by atoms with van der Waals surface area (Å²) in [5.74, 6) is 0.835. The van der Waals surface area contributed by atoms with Crippen molar-refractivity contribution < 1.29 is 19.0 Å². The first-order valence-corrected chi connectivity index (χ1v) is 10.5. The van der Waals surface area contributed by atoms with Crippen molar-refractivity contribution in [3.63, 3.8) is 0 Å². The van der Waals surface area contributed by atoms with Gasteiger partial charge in [-0.1, -0.05) is 54.1 Å². The molecule has 0 bridgehead atoms. The highest BCUT2D eigenvalue weighted by Gasteiger charge is 2.19. The molecule has 0 fully saturated rings. The number of nitrogens with zero attached hydrogens (tertiary/aromatic N) is 1. The van der Waals surface area contributed by atoms with Crippen molar-refractivity contribution in [2.24, 2.45) is 5.10 Å². The van der Waals surface area contributed by atoms with Crippen LogP contribution in [-0.2, 0) is 16.1 Å². The molecule has 0 saturated carbocycles. The third-order valence-corrected chi connectivity index (χ3v) is 4.75. The highest BCUT2D eigenvalue weighted by Crippen LogP contribution is 2.29. The van der Waals surface area contributed by atoms with Gasteiger partial charge in [-0.2, -0.15) is 5.10 Å². The fraction of sp³-hybridized carbons (Fsp3) is 0.200. The molecule has 3 aromatic rings. The van der Waals surface area contributed by atoms with E-state index in [4.69, 9.17) is 25.8 Å². The Bertz CT molecular complexity index is 1060. The number of ether oxygens (including phenoxy) is 3. The van der Waals surface area contributed by atoms with Crippen LogP contribution in [0.3, 0.4) is 0 Å². The molecule has 3 aromatic carbocycles. The normalized spacial score (nSPS) is 11.8. The smallest absolute Gasteiger partial charge is 0.273 e. The van der Waals surface area contributed by atoms with E-state index in [1.807, 2.05) is 67.6 Å². The van der Waals surface area contributed by atoms with E-state index >= 15 is 0 Å². The molecular formula is C25H25ClN2O4. The minimum absolute atomic E-state index is 0.360. The number of carbonyl (C=O) groups is 1. The van der Waals surface area contributed by atoms with Crippen LogP contribution < -0.4 is 14.9 Å². The Morgan fingerprint density at radius 2 is 1.84 bits per heavy atom. The van der Waals surface area contributed by atoms with Crippen LogP contribution in [0.2, 0.25) is 5.02 Å². The third-order valence-electron chi connectivity index (χ3n) is 4.52. The molecule has 0 heterocycles. The molecule has 32 heavy (non-hydrogen) atoms. The molecule has 3 rings (SSSR count). The van der Waals surface area contributed by atoms with Gasteiger partial charge in [-0.05, 0) is 53.9 Å². The van der Waals surface area contributed by atoms with E-state index in [0.29, 0.717) is 29.7 Å². The van der Waals surface area contributed by atoms with E-state index in [-0.39, 0.29) is 5.91 Å². The summed E-state index contributed by atoms with van der Waals surface area (Å²) in [5, 5.41) is 4.71. The molecule has 0 aromatic heterocycles. The SMILES string of the molecule is CCOc1cc(/C=N\NC(=O)[C@@H](OC)c2ccccc2)ccc1OCc1cccc(Cl)c1. The topological polar surface area (TPSA) is 69.2 Å². The lowest BCUT2D eigenvalue weighted by Crippen LogP contribution is -2.26. The maximum atomic E-state index is 12.4. The van der Waals surface area contributed by atoms with Gasteiger partial charge < -0.3 is 14.2 Å². The van der Waals surface area contributed by atoms with Gasteiger partial charge in [0.25, 0.3) is 5.91 Å². The van der Waals surface area contributed by atoms with Gasteiger partial charge in [0.05, 0.1) is 12.8 Å². The maximum Gasteiger partial charge on any atom is 0.273 e. The number of hydrazone groups is 1. The van der Waals surface area contributed by atoms with E-state index in [2.05, 4.69) is 10.5 Å². The zero-order valence-electron chi connectivity index (χ0n) is 18.0. The summed E-state index contributed by atoms with van der Waals surface area (Å²) < 4.78 is 16.9. The number of rotatable bonds is 10. The Balaban J connectivity index is 1.65. The summed E-state index contributed by atoms with van der Waals surface area (Å²) in [6.45, 7) is 2.75. The second-order valence-corrected chi connectivity index (χ2v) is 7.25. The van der Waals surface area contributed by atoms with E-state index in [0.717, 1.165) is 16.7 Å². The lowest BCUT2D eigenvalue weighted by molar-refractivity contribution is -0.131. The number of nitrogens with one attached hydrogen (secondary N) is 1. The standard InChI is InChI=1S/C25H25ClN2O4/c1-3-31-23-15-18(12-13-22(23)32-17-19-8-7-11-21(26)14-19)16-27-28-25(29)24(30-2)20-9-5-4-6-10-20/h4-16,24H,3,17H2,1-2H3,(H,28,29)/b27-16-/t24-/m0/s1. The fourth-order valence-electron chi connectivity index (χ4n) is 3.03. The van der Waals surface area contributed by atoms with Gasteiger partial charge in [-0.15, -0.1) is 0 Å². The van der Waals surface area contributed by atoms with Crippen LogP contribution in [0.15, 0.2) is 77.9 Å². The van der Waals surface area contributed by atoms with Crippen molar-refractivity contribution in [3.8, 4) is 11.5 Å². The summed E-state index contributed by atoms with van der Waals surface area (Å²) in [6.07, 6.45) is 0.799. The number of amides is 1. The van der Waals surface area contributed by atoms with Gasteiger partial charge in [0.1, 0.15) is 6.61 Å². The first-order valence-electron chi connectivity index (χ1n) is 10.2. The molecule has 0 saturated heterocycles. The fourth-order valence-corrected chi connectivity index (χ4v) is 3.24. The molecule has 1 atom stereocenters. The Morgan fingerprint density at radius 3 is 2.56 bits per heavy atom. The molecule has 0 unspecified atom stereocenters. The summed E-state index contributed by atoms with van der Waals surface area (Å²) in [4.78, 5) is 12.4. The van der Waals surface area contributed by atoms with Gasteiger partial charge in [0, 0.05) is 12.1 Å². The highest BCUT2D eigenvalue weighted by molar-refractivity contribution is 6.30. The average molecular weight is 453 g/mol. The van der Waals surface area contributed by atoms with Crippen LogP contribution >= 0.6 is 11.6 Å². The number of hydrogen-bond acceptors (Lipinski definition) is 5. The largest absolute Gasteiger partial charge is 0.490 e. The molecule has 7 heteroatoms. The second-order valence-electron chi connectivity index (χ2n) is 6.82. The third kappa shape index (κ3) is 6.57. The zero-order chi connectivity index (χ0) is 22.8. The summed E-state index contributed by atoms with van der Waals surface area (Å²) >= 11 is 6.03. The van der Waals surface area contributed by atoms with Crippen LogP contribution in [0.4, 0.5) is 0 Å². The molecule has 1 N–H and O–H groups in total. The molecule has 1 amide bonds. The van der Waals surface area contributed by atoms with E-state index in [9.17, 15) is 4.79 Å². The number of benzene rings is 3. The molecule has 166 valence electrons. The van der Waals surface area contributed by atoms with Gasteiger partial charge in [0.2, 0.25) is 0 Å². The lowest BCUT2D eigenvalue weighted by Gasteiger charge is -2.14. The molecule has 0 aliphatic heterocycles. The lowest BCUT2D eigenvalue weighted by atomic mass is 10.1. The van der Waals surface area contributed by atoms with Gasteiger partial charge in [-0.3, -0.25) is 4.79 Å². The van der Waals surface area contributed by atoms with E-state index < -0.39 is 6.10 Å². The van der Waals surface area contributed by atoms with Crippen molar-refractivity contribution in [1.29, 1.82) is 0 Å². The second kappa shape index (κ2) is 11.9. The predicted octanol–water partition coefficient (Wildman–Crippen LogP) is 5.16. The van der Waals surface area contributed by atoms with Crippen molar-refractivity contribution in [2.75, 3.05) is 13.7 Å². The van der Waals surface area contributed by atoms with Crippen molar-refractivity contribution in [2.45, 2.75) is 19.6 Å². The van der Waals surface area contributed by atoms with Gasteiger partial charge in [0.15, 0.2) is 17.6 Å². The molecule has 0 radical (unpaired) electrons. The van der Waals surface area contributed by atoms with Crippen LogP contribution in [0.25, 0.3) is 0 Å². The number of hydrogen-bond donors (Lipinski definition) is 1. The summed E-state index contributed by atoms with van der Waals surface area (Å²) in [7, 11) is 1.48. The highest BCUT2D eigenvalue weighted by atomic mass is 35.5. The van der Waals surface area contributed by atoms with Gasteiger partial charge >= 0.3 is 0 Å². The van der Waals surface area contributed by atoms with Crippen molar-refractivity contribution in [3.05, 3.63) is 94.5 Å². The monoisotopic (exact) mass is 452 g/mol. The Morgan fingerprint density at radius 1 is 1.03 bits per heavy atom. The summed E-state index contributed by atoms with van der Waals surface area (Å²) in [6, 6.07) is 22.2. The van der Waals surface area contributed by atoms with Crippen LogP contribution in [0.5, 0.6) is 11.5 Å². The minimum Gasteiger partial charge on any atom is -0.490 e. The number of methoxy groups -OCH3 is 1. The Hall–Kier alpha value is -3.35. The van der Waals surface area contributed by atoms with Crippen LogP contribution in [0.1, 0.15) is 29.7 Å². The predicted molar refractivity (Wildman–Crippen MR) is 125 cm³/mol. The number of carbonyl (C=O) groups excluding carboxylic acids is 1. The summed E-state index contributed by atoms with van der Waals surface area (Å²) in [5.41, 5.74) is 4.98. The Kier molecular flexibility index (Phi) is 8.66. The molecule has 0 aliphatic rings. The Labute approximate surface area is 192 Å². The van der Waals surface area contributed by atoms with Crippen molar-refractivity contribution >= 4 is 23.7 Å². The maximum absolute atomic E-state index is 12.4. The molecule has 0 spiro atoms. The van der Waals surface area contributed by atoms with E-state index in [1.165, 1.54) is 7.11 Å². The first kappa shape index (κ1) is 23.3. The molecule has 0 aliphatic carbocycles. The number of halogens is 1. The van der Waals surface area contributed by atoms with Crippen LogP contribution in [0, 0.1) is 0 Å². The first-order chi connectivity index (χ1) is 15.6.